The van der Waals surface area contributed by atoms with Crippen molar-refractivity contribution in [3.63, 3.8) is 0 Å². The molecule has 10 rings (SSSR count). The van der Waals surface area contributed by atoms with Crippen molar-refractivity contribution in [2.75, 3.05) is 0 Å². The normalized spacial score (nSPS) is 12.9. The maximum Gasteiger partial charge on any atom is 0.416 e. The van der Waals surface area contributed by atoms with E-state index in [0.29, 0.717) is 57.0 Å². The van der Waals surface area contributed by atoms with E-state index >= 15 is 0 Å². The van der Waals surface area contributed by atoms with Crippen molar-refractivity contribution in [1.29, 1.82) is 5.26 Å². The lowest BCUT2D eigenvalue weighted by atomic mass is 9.94. The van der Waals surface area contributed by atoms with E-state index in [9.17, 15) is 71.1 Å². The van der Waals surface area contributed by atoms with Gasteiger partial charge in [0.1, 0.15) is 0 Å². The quantitative estimate of drug-likeness (QED) is 0.158. The van der Waals surface area contributed by atoms with Crippen LogP contribution in [0.5, 0.6) is 0 Å². The summed E-state index contributed by atoms with van der Waals surface area (Å²) in [6.07, 6.45) is -25.5. The van der Waals surface area contributed by atoms with Gasteiger partial charge in [-0.2, -0.15) is 71.1 Å². The number of nitriles is 1. The average Bonchev–Trinajstić information content (AvgIpc) is 3.84. The molecule has 0 N–H and O–H groups in total. The number of hydrogen-bond acceptors (Lipinski definition) is 1. The molecule has 0 aliphatic carbocycles. The second kappa shape index (κ2) is 16.4. The van der Waals surface area contributed by atoms with Crippen molar-refractivity contribution >= 4 is 43.6 Å². The van der Waals surface area contributed by atoms with E-state index in [1.165, 1.54) is 60.7 Å². The number of hydrogen-bond donors (Lipinski definition) is 0. The van der Waals surface area contributed by atoms with E-state index in [1.54, 1.807) is 57.7 Å². The van der Waals surface area contributed by atoms with Gasteiger partial charge in [0.15, 0.2) is 0 Å². The molecule has 0 saturated carbocycles. The second-order valence-corrected chi connectivity index (χ2v) is 16.8. The third-order valence-electron chi connectivity index (χ3n) is 12.4. The molecule has 0 bridgehead atoms. The fraction of sp³-hybridized carbons (Fsp3) is 0.0926. The number of para-hydroxylation sites is 2. The van der Waals surface area contributed by atoms with Gasteiger partial charge in [-0.25, -0.2) is 0 Å². The van der Waals surface area contributed by atoms with Gasteiger partial charge in [-0.15, -0.1) is 0 Å². The van der Waals surface area contributed by atoms with Gasteiger partial charge in [0, 0.05) is 32.7 Å². The lowest BCUT2D eigenvalue weighted by Gasteiger charge is -2.21. The Balaban J connectivity index is 1.23. The molecule has 2 aromatic heterocycles. The highest BCUT2D eigenvalue weighted by molar-refractivity contribution is 6.13. The summed E-state index contributed by atoms with van der Waals surface area (Å²) in [6.45, 7) is 0. The van der Waals surface area contributed by atoms with Crippen LogP contribution in [0.4, 0.5) is 65.9 Å². The van der Waals surface area contributed by atoms with Crippen LogP contribution in [0.3, 0.4) is 0 Å². The molecule has 0 amide bonds. The number of rotatable bonds is 5. The first-order valence-corrected chi connectivity index (χ1v) is 21.2. The van der Waals surface area contributed by atoms with Crippen LogP contribution in [0.25, 0.3) is 88.4 Å². The Hall–Kier alpha value is -8.20. The predicted octanol–water partition coefficient (Wildman–Crippen LogP) is 17.8. The molecular formula is C54H26F15N3. The van der Waals surface area contributed by atoms with E-state index in [1.807, 2.05) is 0 Å². The van der Waals surface area contributed by atoms with Gasteiger partial charge in [-0.05, 0) is 125 Å². The Morgan fingerprint density at radius 1 is 0.319 bits per heavy atom. The predicted molar refractivity (Wildman–Crippen MR) is 241 cm³/mol. The fourth-order valence-electron chi connectivity index (χ4n) is 9.28. The van der Waals surface area contributed by atoms with E-state index in [0.717, 1.165) is 12.1 Å². The van der Waals surface area contributed by atoms with Crippen LogP contribution in [0.15, 0.2) is 158 Å². The molecule has 18 heteroatoms. The molecule has 0 aliphatic rings. The number of benzene rings is 8. The van der Waals surface area contributed by atoms with E-state index < -0.39 is 69.8 Å². The lowest BCUT2D eigenvalue weighted by Crippen LogP contribution is -2.11. The Kier molecular flexibility index (Phi) is 10.8. The topological polar surface area (TPSA) is 33.6 Å². The van der Waals surface area contributed by atoms with E-state index in [-0.39, 0.29) is 62.2 Å². The molecule has 0 radical (unpaired) electrons. The van der Waals surface area contributed by atoms with Crippen molar-refractivity contribution in [2.45, 2.75) is 30.9 Å². The first kappa shape index (κ1) is 47.5. The largest absolute Gasteiger partial charge is 0.416 e. The molecule has 0 aliphatic heterocycles. The molecule has 0 unspecified atom stereocenters. The standard InChI is InChI=1S/C54H26F15N3/c55-50(56,57)33-14-17-47(71-43-9-3-1-7-38(43)40-22-28(12-15-45(40)71)31-18-34(51(58,59)60)24-35(19-31)52(61,62)63)42(26-33)49-30(27-70)6-5-11-48(49)72-44-10-4-2-8-39(44)41-23-29(13-16-46(41)72)32-20-36(53(64,65)66)25-37(21-32)54(67,68)69/h1-26H. The fourth-order valence-corrected chi connectivity index (χ4v) is 9.28. The number of fused-ring (bicyclic) bond motifs is 6. The highest BCUT2D eigenvalue weighted by Crippen LogP contribution is 2.47. The van der Waals surface area contributed by atoms with Crippen LogP contribution in [0.2, 0.25) is 0 Å². The summed E-state index contributed by atoms with van der Waals surface area (Å²) < 4.78 is 215. The van der Waals surface area contributed by atoms with Gasteiger partial charge in [-0.3, -0.25) is 0 Å². The van der Waals surface area contributed by atoms with Gasteiger partial charge in [-0.1, -0.05) is 54.6 Å². The molecule has 2 heterocycles. The summed E-state index contributed by atoms with van der Waals surface area (Å²) in [5.74, 6) is 0. The zero-order chi connectivity index (χ0) is 51.4. The summed E-state index contributed by atoms with van der Waals surface area (Å²) in [7, 11) is 0. The first-order valence-electron chi connectivity index (χ1n) is 21.2. The van der Waals surface area contributed by atoms with Gasteiger partial charge in [0.05, 0.1) is 72.9 Å². The van der Waals surface area contributed by atoms with Crippen LogP contribution < -0.4 is 0 Å². The molecular weight excluding hydrogens is 976 g/mol. The van der Waals surface area contributed by atoms with Crippen molar-refractivity contribution in [2.24, 2.45) is 0 Å². The van der Waals surface area contributed by atoms with Crippen molar-refractivity contribution in [3.8, 4) is 50.8 Å². The zero-order valence-corrected chi connectivity index (χ0v) is 36.0. The van der Waals surface area contributed by atoms with E-state index in [4.69, 9.17) is 0 Å². The maximum absolute atomic E-state index is 14.9. The third-order valence-corrected chi connectivity index (χ3v) is 12.4. The van der Waals surface area contributed by atoms with Crippen molar-refractivity contribution in [3.05, 3.63) is 191 Å². The van der Waals surface area contributed by atoms with E-state index in [2.05, 4.69) is 6.07 Å². The second-order valence-electron chi connectivity index (χ2n) is 16.8. The average molecular weight is 1000 g/mol. The molecule has 0 spiro atoms. The zero-order valence-electron chi connectivity index (χ0n) is 36.0. The molecule has 0 atom stereocenters. The summed E-state index contributed by atoms with van der Waals surface area (Å²) in [5, 5.41) is 12.2. The molecule has 0 saturated heterocycles. The van der Waals surface area contributed by atoms with Crippen molar-refractivity contribution in [1.82, 2.24) is 9.13 Å². The molecule has 3 nitrogen and oxygen atoms in total. The van der Waals surface area contributed by atoms with Crippen LogP contribution >= 0.6 is 0 Å². The summed E-state index contributed by atoms with van der Waals surface area (Å²) >= 11 is 0. The van der Waals surface area contributed by atoms with Crippen LogP contribution in [0.1, 0.15) is 33.4 Å². The van der Waals surface area contributed by atoms with Gasteiger partial charge >= 0.3 is 30.9 Å². The Morgan fingerprint density at radius 2 is 0.722 bits per heavy atom. The smallest absolute Gasteiger partial charge is 0.309 e. The summed E-state index contributed by atoms with van der Waals surface area (Å²) in [4.78, 5) is 0. The Labute approximate surface area is 395 Å². The number of halogens is 15. The molecule has 72 heavy (non-hydrogen) atoms. The summed E-state index contributed by atoms with van der Waals surface area (Å²) in [5.41, 5.74) is -7.11. The van der Waals surface area contributed by atoms with Crippen LogP contribution in [0, 0.1) is 11.3 Å². The summed E-state index contributed by atoms with van der Waals surface area (Å²) in [6, 6.07) is 32.7. The number of aromatic nitrogens is 2. The van der Waals surface area contributed by atoms with Crippen LogP contribution in [-0.4, -0.2) is 9.13 Å². The first-order chi connectivity index (χ1) is 33.8. The highest BCUT2D eigenvalue weighted by Gasteiger charge is 2.39. The third kappa shape index (κ3) is 8.21. The molecule has 8 aromatic carbocycles. The Morgan fingerprint density at radius 3 is 1.14 bits per heavy atom. The molecule has 10 aromatic rings. The monoisotopic (exact) mass is 1000 g/mol. The van der Waals surface area contributed by atoms with Crippen LogP contribution in [-0.2, 0) is 30.9 Å². The minimum Gasteiger partial charge on any atom is -0.309 e. The minimum absolute atomic E-state index is 0.000730. The number of alkyl halides is 15. The highest BCUT2D eigenvalue weighted by atomic mass is 19.4. The SMILES string of the molecule is N#Cc1cccc(-n2c3ccccc3c3cc(-c4cc(C(F)(F)F)cc(C(F)(F)F)c4)ccc32)c1-c1cc(C(F)(F)F)ccc1-n1c2ccccc2c2cc(-c3cc(C(F)(F)F)cc(C(F)(F)F)c3)ccc21. The number of nitrogens with zero attached hydrogens (tertiary/aromatic N) is 3. The Bertz CT molecular complexity index is 3810. The molecule has 0 fully saturated rings. The van der Waals surface area contributed by atoms with Crippen molar-refractivity contribution < 1.29 is 65.9 Å². The maximum atomic E-state index is 14.9. The lowest BCUT2D eigenvalue weighted by molar-refractivity contribution is -0.144. The minimum atomic E-state index is -5.15. The van der Waals surface area contributed by atoms with Gasteiger partial charge in [0.25, 0.3) is 0 Å². The molecule has 362 valence electrons. The van der Waals surface area contributed by atoms with Gasteiger partial charge in [0.2, 0.25) is 0 Å². The van der Waals surface area contributed by atoms with Gasteiger partial charge < -0.3 is 9.13 Å².